The highest BCUT2D eigenvalue weighted by atomic mass is 16.5. The Hall–Kier alpha value is -2.90. The van der Waals surface area contributed by atoms with Gasteiger partial charge in [-0.2, -0.15) is 0 Å². The first kappa shape index (κ1) is 21.8. The van der Waals surface area contributed by atoms with Gasteiger partial charge < -0.3 is 24.8 Å². The van der Waals surface area contributed by atoms with Crippen molar-refractivity contribution in [2.45, 2.75) is 12.8 Å². The van der Waals surface area contributed by atoms with Crippen LogP contribution in [0, 0.1) is 0 Å². The van der Waals surface area contributed by atoms with E-state index >= 15 is 0 Å². The number of nitrogens with one attached hydrogen (secondary N) is 2. The summed E-state index contributed by atoms with van der Waals surface area (Å²) in [4.78, 5) is 26.8. The van der Waals surface area contributed by atoms with Gasteiger partial charge in [-0.3, -0.25) is 9.59 Å². The van der Waals surface area contributed by atoms with Gasteiger partial charge in [-0.05, 0) is 43.2 Å². The van der Waals surface area contributed by atoms with Crippen molar-refractivity contribution in [3.63, 3.8) is 0 Å². The number of ether oxygens (including phenoxy) is 3. The van der Waals surface area contributed by atoms with E-state index in [1.807, 2.05) is 12.1 Å². The van der Waals surface area contributed by atoms with Crippen molar-refractivity contribution < 1.29 is 23.8 Å². The number of carbonyl (C=O) groups excluding carboxylic acids is 2. The maximum absolute atomic E-state index is 13.4. The van der Waals surface area contributed by atoms with Crippen LogP contribution in [0.3, 0.4) is 0 Å². The summed E-state index contributed by atoms with van der Waals surface area (Å²) in [5, 5.41) is 6.58. The molecule has 3 rings (SSSR count). The first-order valence-electron chi connectivity index (χ1n) is 10.0. The van der Waals surface area contributed by atoms with E-state index in [1.165, 1.54) is 7.11 Å². The molecule has 0 bridgehead atoms. The van der Waals surface area contributed by atoms with Gasteiger partial charge in [0.15, 0.2) is 11.6 Å². The van der Waals surface area contributed by atoms with Crippen molar-refractivity contribution in [2.75, 3.05) is 58.3 Å². The summed E-state index contributed by atoms with van der Waals surface area (Å²) >= 11 is 0. The molecular weight excluding hydrogens is 384 g/mol. The molecule has 2 aromatic rings. The molecule has 0 saturated carbocycles. The van der Waals surface area contributed by atoms with Crippen LogP contribution in [0.2, 0.25) is 0 Å². The quantitative estimate of drug-likeness (QED) is 0.467. The second-order valence-electron chi connectivity index (χ2n) is 7.03. The average Bonchev–Trinajstić information content (AvgIpc) is 2.77. The van der Waals surface area contributed by atoms with E-state index < -0.39 is 0 Å². The zero-order valence-electron chi connectivity index (χ0n) is 17.7. The maximum atomic E-state index is 13.4. The van der Waals surface area contributed by atoms with Crippen molar-refractivity contribution in [3.05, 3.63) is 52.6 Å². The van der Waals surface area contributed by atoms with E-state index in [0.29, 0.717) is 65.7 Å². The van der Waals surface area contributed by atoms with E-state index in [1.54, 1.807) is 32.4 Å². The molecule has 1 aliphatic rings. The number of ketones is 2. The monoisotopic (exact) mass is 412 g/mol. The number of benzene rings is 2. The molecule has 160 valence electrons. The number of fused-ring (bicyclic) bond motifs is 2. The van der Waals surface area contributed by atoms with Crippen molar-refractivity contribution in [3.8, 4) is 5.75 Å². The molecular formula is C23H28N2O5. The smallest absolute Gasteiger partial charge is 0.196 e. The number of anilines is 2. The third-order valence-corrected chi connectivity index (χ3v) is 5.06. The summed E-state index contributed by atoms with van der Waals surface area (Å²) in [7, 11) is 4.84. The van der Waals surface area contributed by atoms with E-state index in [4.69, 9.17) is 14.2 Å². The zero-order valence-corrected chi connectivity index (χ0v) is 17.7. The van der Waals surface area contributed by atoms with Crippen LogP contribution in [-0.2, 0) is 9.47 Å². The van der Waals surface area contributed by atoms with Crippen LogP contribution in [0.1, 0.15) is 44.7 Å². The Bertz CT molecular complexity index is 926. The van der Waals surface area contributed by atoms with Crippen LogP contribution in [0.4, 0.5) is 11.4 Å². The molecule has 7 heteroatoms. The Balaban J connectivity index is 2.01. The predicted molar refractivity (Wildman–Crippen MR) is 116 cm³/mol. The second-order valence-corrected chi connectivity index (χ2v) is 7.03. The Morgan fingerprint density at radius 3 is 1.77 bits per heavy atom. The average molecular weight is 412 g/mol. The summed E-state index contributed by atoms with van der Waals surface area (Å²) in [5.41, 5.74) is 2.87. The summed E-state index contributed by atoms with van der Waals surface area (Å²) in [6.07, 6.45) is 1.58. The van der Waals surface area contributed by atoms with Crippen LogP contribution in [-0.4, -0.2) is 59.2 Å². The highest BCUT2D eigenvalue weighted by Crippen LogP contribution is 2.37. The molecule has 1 aliphatic carbocycles. The lowest BCUT2D eigenvalue weighted by molar-refractivity contribution is 0.0980. The Morgan fingerprint density at radius 1 is 0.733 bits per heavy atom. The molecule has 0 aliphatic heterocycles. The topological polar surface area (TPSA) is 85.9 Å². The lowest BCUT2D eigenvalue weighted by atomic mass is 9.82. The van der Waals surface area contributed by atoms with Gasteiger partial charge >= 0.3 is 0 Å². The van der Waals surface area contributed by atoms with Crippen LogP contribution in [0.15, 0.2) is 30.3 Å². The zero-order chi connectivity index (χ0) is 21.5. The molecule has 30 heavy (non-hydrogen) atoms. The summed E-state index contributed by atoms with van der Waals surface area (Å²) < 4.78 is 15.4. The molecule has 0 saturated heterocycles. The fourth-order valence-electron chi connectivity index (χ4n) is 3.55. The van der Waals surface area contributed by atoms with Crippen molar-refractivity contribution >= 4 is 22.9 Å². The Labute approximate surface area is 176 Å². The van der Waals surface area contributed by atoms with Gasteiger partial charge in [0.2, 0.25) is 0 Å². The van der Waals surface area contributed by atoms with E-state index in [0.717, 1.165) is 12.8 Å². The SMILES string of the molecule is COCCCNc1ccc(NCCCOC)c2c1C(=O)c1ccc(OC)cc1C2=O. The summed E-state index contributed by atoms with van der Waals surface area (Å²) in [6.45, 7) is 2.50. The lowest BCUT2D eigenvalue weighted by Crippen LogP contribution is -2.25. The molecule has 2 aromatic carbocycles. The molecule has 0 unspecified atom stereocenters. The van der Waals surface area contributed by atoms with Gasteiger partial charge in [0.1, 0.15) is 5.75 Å². The Morgan fingerprint density at radius 2 is 1.27 bits per heavy atom. The highest BCUT2D eigenvalue weighted by Gasteiger charge is 2.34. The van der Waals surface area contributed by atoms with Crippen LogP contribution >= 0.6 is 0 Å². The van der Waals surface area contributed by atoms with Crippen molar-refractivity contribution in [1.29, 1.82) is 0 Å². The largest absolute Gasteiger partial charge is 0.497 e. The van der Waals surface area contributed by atoms with Crippen LogP contribution in [0.25, 0.3) is 0 Å². The van der Waals surface area contributed by atoms with Crippen molar-refractivity contribution in [1.82, 2.24) is 0 Å². The fourth-order valence-corrected chi connectivity index (χ4v) is 3.55. The number of carbonyl (C=O) groups is 2. The molecule has 0 aromatic heterocycles. The summed E-state index contributed by atoms with van der Waals surface area (Å²) in [6, 6.07) is 8.69. The van der Waals surface area contributed by atoms with Gasteiger partial charge in [0.05, 0.1) is 18.2 Å². The molecule has 0 atom stereocenters. The van der Waals surface area contributed by atoms with E-state index in [2.05, 4.69) is 10.6 Å². The minimum atomic E-state index is -0.187. The van der Waals surface area contributed by atoms with Crippen LogP contribution < -0.4 is 15.4 Å². The van der Waals surface area contributed by atoms with Gasteiger partial charge in [-0.1, -0.05) is 0 Å². The standard InChI is InChI=1S/C23H28N2O5/c1-28-12-4-10-24-18-8-9-19(25-11-5-13-29-2)21-20(18)22(26)16-7-6-15(30-3)14-17(16)23(21)27/h6-9,14,24-25H,4-5,10-13H2,1-3H3. The first-order valence-corrected chi connectivity index (χ1v) is 10.0. The molecule has 7 nitrogen and oxygen atoms in total. The van der Waals surface area contributed by atoms with Gasteiger partial charge in [-0.25, -0.2) is 0 Å². The molecule has 0 heterocycles. The van der Waals surface area contributed by atoms with Crippen LogP contribution in [0.5, 0.6) is 5.75 Å². The van der Waals surface area contributed by atoms with Gasteiger partial charge in [0, 0.05) is 63.0 Å². The number of hydrogen-bond acceptors (Lipinski definition) is 7. The third kappa shape index (κ3) is 4.47. The number of methoxy groups -OCH3 is 3. The van der Waals surface area contributed by atoms with E-state index in [-0.39, 0.29) is 11.6 Å². The minimum absolute atomic E-state index is 0.169. The minimum Gasteiger partial charge on any atom is -0.497 e. The van der Waals surface area contributed by atoms with Crippen molar-refractivity contribution in [2.24, 2.45) is 0 Å². The number of hydrogen-bond donors (Lipinski definition) is 2. The first-order chi connectivity index (χ1) is 14.6. The fraction of sp³-hybridized carbons (Fsp3) is 0.391. The lowest BCUT2D eigenvalue weighted by Gasteiger charge is -2.24. The molecule has 0 fully saturated rings. The number of rotatable bonds is 11. The second kappa shape index (κ2) is 10.2. The molecule has 0 amide bonds. The summed E-state index contributed by atoms with van der Waals surface area (Å²) in [5.74, 6) is 0.187. The third-order valence-electron chi connectivity index (χ3n) is 5.06. The Kier molecular flexibility index (Phi) is 7.43. The van der Waals surface area contributed by atoms with E-state index in [9.17, 15) is 9.59 Å². The molecule has 0 spiro atoms. The van der Waals surface area contributed by atoms with Gasteiger partial charge in [-0.15, -0.1) is 0 Å². The molecule has 0 radical (unpaired) electrons. The van der Waals surface area contributed by atoms with Gasteiger partial charge in [0.25, 0.3) is 0 Å². The normalized spacial score (nSPS) is 12.4. The maximum Gasteiger partial charge on any atom is 0.196 e. The highest BCUT2D eigenvalue weighted by molar-refractivity contribution is 6.32. The molecule has 2 N–H and O–H groups in total. The predicted octanol–water partition coefficient (Wildman–Crippen LogP) is 3.37.